The Morgan fingerprint density at radius 3 is 2.76 bits per heavy atom. The first-order valence-electron chi connectivity index (χ1n) is 8.49. The molecule has 142 valence electrons. The maximum absolute atomic E-state index is 6.06. The van der Waals surface area contributed by atoms with Gasteiger partial charge in [-0.2, -0.15) is 0 Å². The Labute approximate surface area is 172 Å². The van der Waals surface area contributed by atoms with E-state index in [0.717, 1.165) is 51.9 Å². The van der Waals surface area contributed by atoms with Crippen LogP contribution in [-0.4, -0.2) is 69.9 Å². The highest BCUT2D eigenvalue weighted by molar-refractivity contribution is 14.0. The maximum atomic E-state index is 6.06. The van der Waals surface area contributed by atoms with E-state index in [2.05, 4.69) is 27.4 Å². The van der Waals surface area contributed by atoms with Crippen LogP contribution in [0.5, 0.6) is 5.75 Å². The van der Waals surface area contributed by atoms with Crippen molar-refractivity contribution in [3.8, 4) is 5.75 Å². The van der Waals surface area contributed by atoms with E-state index in [4.69, 9.17) is 21.1 Å². The van der Waals surface area contributed by atoms with Crippen LogP contribution < -0.4 is 15.4 Å². The van der Waals surface area contributed by atoms with Crippen LogP contribution in [0.4, 0.5) is 0 Å². The highest BCUT2D eigenvalue weighted by atomic mass is 127. The smallest absolute Gasteiger partial charge is 0.191 e. The largest absolute Gasteiger partial charge is 0.490 e. The number of benzene rings is 1. The fourth-order valence-corrected chi connectivity index (χ4v) is 2.55. The Bertz CT molecular complexity index is 513. The molecule has 0 unspecified atom stereocenters. The third-order valence-electron chi connectivity index (χ3n) is 3.62. The number of rotatable bonds is 8. The number of nitrogens with zero attached hydrogens (tertiary/aromatic N) is 2. The summed E-state index contributed by atoms with van der Waals surface area (Å²) in [5.74, 6) is 1.52. The molecule has 8 heteroatoms. The van der Waals surface area contributed by atoms with Gasteiger partial charge in [0.15, 0.2) is 5.96 Å². The van der Waals surface area contributed by atoms with Crippen molar-refractivity contribution < 1.29 is 9.47 Å². The molecule has 0 aromatic heterocycles. The van der Waals surface area contributed by atoms with Crippen molar-refractivity contribution in [2.24, 2.45) is 4.99 Å². The Kier molecular flexibility index (Phi) is 12.0. The number of para-hydroxylation sites is 1. The van der Waals surface area contributed by atoms with E-state index in [9.17, 15) is 0 Å². The molecule has 0 radical (unpaired) electrons. The summed E-state index contributed by atoms with van der Waals surface area (Å²) in [6, 6.07) is 7.48. The zero-order chi connectivity index (χ0) is 17.0. The number of hydrogen-bond acceptors (Lipinski definition) is 4. The van der Waals surface area contributed by atoms with Gasteiger partial charge in [-0.25, -0.2) is 0 Å². The Balaban J connectivity index is 0.00000312. The molecule has 6 nitrogen and oxygen atoms in total. The van der Waals surface area contributed by atoms with Crippen LogP contribution in [0.1, 0.15) is 6.92 Å². The standard InChI is InChI=1S/C17H27ClN4O2.HI/c1-2-19-17(20-7-9-22-10-13-23-14-11-22)21-8-12-24-16-6-4-3-5-15(16)18;/h3-6H,2,7-14H2,1H3,(H2,19,20,21);1H. The van der Waals surface area contributed by atoms with Crippen molar-refractivity contribution in [2.45, 2.75) is 6.92 Å². The number of ether oxygens (including phenoxy) is 2. The molecule has 1 heterocycles. The number of guanidine groups is 1. The Morgan fingerprint density at radius 2 is 2.04 bits per heavy atom. The molecule has 2 N–H and O–H groups in total. The molecule has 0 saturated carbocycles. The third kappa shape index (κ3) is 8.94. The molecular formula is C17H28ClIN4O2. The quantitative estimate of drug-likeness (QED) is 0.258. The van der Waals surface area contributed by atoms with Gasteiger partial charge in [-0.05, 0) is 19.1 Å². The van der Waals surface area contributed by atoms with Crippen molar-refractivity contribution >= 4 is 41.5 Å². The zero-order valence-corrected chi connectivity index (χ0v) is 17.8. The maximum Gasteiger partial charge on any atom is 0.191 e. The van der Waals surface area contributed by atoms with Crippen LogP contribution in [-0.2, 0) is 4.74 Å². The van der Waals surface area contributed by atoms with Crippen molar-refractivity contribution in [3.05, 3.63) is 29.3 Å². The van der Waals surface area contributed by atoms with Gasteiger partial charge < -0.3 is 20.1 Å². The fourth-order valence-electron chi connectivity index (χ4n) is 2.36. The summed E-state index contributed by atoms with van der Waals surface area (Å²) in [6.07, 6.45) is 0. The minimum atomic E-state index is 0. The molecule has 1 aromatic rings. The molecule has 0 amide bonds. The van der Waals surface area contributed by atoms with E-state index in [1.165, 1.54) is 0 Å². The number of hydrogen-bond donors (Lipinski definition) is 2. The van der Waals surface area contributed by atoms with Gasteiger partial charge in [-0.15, -0.1) is 24.0 Å². The summed E-state index contributed by atoms with van der Waals surface area (Å²) in [6.45, 7) is 9.41. The first-order valence-corrected chi connectivity index (χ1v) is 8.87. The minimum Gasteiger partial charge on any atom is -0.490 e. The highest BCUT2D eigenvalue weighted by Crippen LogP contribution is 2.22. The fraction of sp³-hybridized carbons (Fsp3) is 0.588. The van der Waals surface area contributed by atoms with E-state index >= 15 is 0 Å². The first-order chi connectivity index (χ1) is 11.8. The van der Waals surface area contributed by atoms with Gasteiger partial charge in [0, 0.05) is 26.2 Å². The molecular weight excluding hydrogens is 455 g/mol. The zero-order valence-electron chi connectivity index (χ0n) is 14.7. The van der Waals surface area contributed by atoms with Crippen molar-refractivity contribution in [2.75, 3.05) is 59.1 Å². The lowest BCUT2D eigenvalue weighted by Crippen LogP contribution is -2.41. The molecule has 0 aliphatic carbocycles. The molecule has 0 atom stereocenters. The predicted octanol–water partition coefficient (Wildman–Crippen LogP) is 2.22. The van der Waals surface area contributed by atoms with Gasteiger partial charge in [0.1, 0.15) is 12.4 Å². The monoisotopic (exact) mass is 482 g/mol. The lowest BCUT2D eigenvalue weighted by Gasteiger charge is -2.25. The average molecular weight is 483 g/mol. The van der Waals surface area contributed by atoms with Crippen LogP contribution in [0.15, 0.2) is 29.3 Å². The average Bonchev–Trinajstić information content (AvgIpc) is 2.61. The predicted molar refractivity (Wildman–Crippen MR) is 114 cm³/mol. The second-order valence-electron chi connectivity index (χ2n) is 5.42. The van der Waals surface area contributed by atoms with Gasteiger partial charge in [-0.1, -0.05) is 23.7 Å². The van der Waals surface area contributed by atoms with Crippen LogP contribution >= 0.6 is 35.6 Å². The van der Waals surface area contributed by atoms with Crippen LogP contribution in [0, 0.1) is 0 Å². The third-order valence-corrected chi connectivity index (χ3v) is 3.94. The molecule has 1 saturated heterocycles. The van der Waals surface area contributed by atoms with Crippen LogP contribution in [0.2, 0.25) is 5.02 Å². The van der Waals surface area contributed by atoms with Gasteiger partial charge in [0.25, 0.3) is 0 Å². The van der Waals surface area contributed by atoms with E-state index in [0.29, 0.717) is 23.9 Å². The lowest BCUT2D eigenvalue weighted by molar-refractivity contribution is 0.0394. The van der Waals surface area contributed by atoms with Crippen molar-refractivity contribution in [1.29, 1.82) is 0 Å². The molecule has 1 fully saturated rings. The number of morpholine rings is 1. The van der Waals surface area contributed by atoms with E-state index in [1.807, 2.05) is 24.3 Å². The molecule has 1 aliphatic rings. The van der Waals surface area contributed by atoms with E-state index in [1.54, 1.807) is 0 Å². The van der Waals surface area contributed by atoms with Gasteiger partial charge in [0.05, 0.1) is 31.3 Å². The summed E-state index contributed by atoms with van der Waals surface area (Å²) < 4.78 is 11.0. The summed E-state index contributed by atoms with van der Waals surface area (Å²) in [5, 5.41) is 7.15. The Hall–Kier alpha value is -0.770. The Morgan fingerprint density at radius 1 is 1.28 bits per heavy atom. The lowest BCUT2D eigenvalue weighted by atomic mass is 10.3. The second-order valence-corrected chi connectivity index (χ2v) is 5.83. The number of halogens is 2. The molecule has 1 aliphatic heterocycles. The number of nitrogens with one attached hydrogen (secondary N) is 2. The normalized spacial score (nSPS) is 15.4. The summed E-state index contributed by atoms with van der Waals surface area (Å²) in [4.78, 5) is 6.97. The van der Waals surface area contributed by atoms with Gasteiger partial charge >= 0.3 is 0 Å². The summed E-state index contributed by atoms with van der Waals surface area (Å²) in [5.41, 5.74) is 0. The number of aliphatic imine (C=N–C) groups is 1. The molecule has 2 rings (SSSR count). The van der Waals surface area contributed by atoms with E-state index in [-0.39, 0.29) is 24.0 Å². The van der Waals surface area contributed by atoms with Crippen LogP contribution in [0.3, 0.4) is 0 Å². The molecule has 1 aromatic carbocycles. The summed E-state index contributed by atoms with van der Waals surface area (Å²) in [7, 11) is 0. The van der Waals surface area contributed by atoms with Gasteiger partial charge in [-0.3, -0.25) is 9.89 Å². The molecule has 25 heavy (non-hydrogen) atoms. The first kappa shape index (κ1) is 22.3. The highest BCUT2D eigenvalue weighted by Gasteiger charge is 2.09. The van der Waals surface area contributed by atoms with Crippen molar-refractivity contribution in [3.63, 3.8) is 0 Å². The molecule has 0 spiro atoms. The topological polar surface area (TPSA) is 58.1 Å². The molecule has 0 bridgehead atoms. The minimum absolute atomic E-state index is 0. The SMILES string of the molecule is CCNC(=NCCN1CCOCC1)NCCOc1ccccc1Cl.I. The van der Waals surface area contributed by atoms with Crippen LogP contribution in [0.25, 0.3) is 0 Å². The van der Waals surface area contributed by atoms with E-state index < -0.39 is 0 Å². The van der Waals surface area contributed by atoms with Crippen molar-refractivity contribution in [1.82, 2.24) is 15.5 Å². The summed E-state index contributed by atoms with van der Waals surface area (Å²) >= 11 is 6.06. The van der Waals surface area contributed by atoms with Gasteiger partial charge in [0.2, 0.25) is 0 Å². The second kappa shape index (κ2) is 13.4.